The Kier molecular flexibility index (Phi) is 11.0. The van der Waals surface area contributed by atoms with Crippen LogP contribution < -0.4 is 15.4 Å². The lowest BCUT2D eigenvalue weighted by molar-refractivity contribution is 0.179. The van der Waals surface area contributed by atoms with Gasteiger partial charge in [-0.3, -0.25) is 4.99 Å². The highest BCUT2D eigenvalue weighted by atomic mass is 127. The highest BCUT2D eigenvalue weighted by Crippen LogP contribution is 2.13. The fraction of sp³-hybridized carbons (Fsp3) is 0.562. The molecule has 0 saturated carbocycles. The van der Waals surface area contributed by atoms with E-state index in [1.54, 1.807) is 14.2 Å². The lowest BCUT2D eigenvalue weighted by Gasteiger charge is -2.17. The Labute approximate surface area is 150 Å². The Morgan fingerprint density at radius 3 is 2.32 bits per heavy atom. The summed E-state index contributed by atoms with van der Waals surface area (Å²) >= 11 is 0. The van der Waals surface area contributed by atoms with E-state index in [4.69, 9.17) is 9.47 Å². The molecule has 0 aliphatic rings. The second kappa shape index (κ2) is 11.5. The first kappa shape index (κ1) is 21.0. The zero-order valence-electron chi connectivity index (χ0n) is 14.1. The first-order chi connectivity index (χ1) is 10.0. The summed E-state index contributed by atoms with van der Waals surface area (Å²) in [4.78, 5) is 4.20. The number of guanidine groups is 1. The minimum atomic E-state index is 0. The van der Waals surface area contributed by atoms with E-state index in [1.807, 2.05) is 26.0 Å². The first-order valence-corrected chi connectivity index (χ1v) is 7.27. The van der Waals surface area contributed by atoms with Crippen LogP contribution in [0.25, 0.3) is 0 Å². The molecule has 1 aromatic carbocycles. The van der Waals surface area contributed by atoms with Crippen molar-refractivity contribution < 1.29 is 9.47 Å². The molecule has 0 aliphatic carbocycles. The molecular weight excluding hydrogens is 393 g/mol. The minimum absolute atomic E-state index is 0. The number of rotatable bonds is 7. The smallest absolute Gasteiger partial charge is 0.191 e. The molecule has 0 heterocycles. The van der Waals surface area contributed by atoms with Gasteiger partial charge in [0.15, 0.2) is 5.96 Å². The molecule has 22 heavy (non-hydrogen) atoms. The van der Waals surface area contributed by atoms with Gasteiger partial charge < -0.3 is 20.1 Å². The van der Waals surface area contributed by atoms with Crippen LogP contribution in [-0.2, 0) is 11.3 Å². The number of hydrogen-bond acceptors (Lipinski definition) is 3. The van der Waals surface area contributed by atoms with E-state index in [2.05, 4.69) is 34.7 Å². The molecule has 6 heteroatoms. The number of nitrogens with zero attached hydrogens (tertiary/aromatic N) is 1. The van der Waals surface area contributed by atoms with Crippen LogP contribution in [0.2, 0.25) is 0 Å². The van der Waals surface area contributed by atoms with Crippen LogP contribution in [0.5, 0.6) is 5.75 Å². The molecule has 1 atom stereocenters. The van der Waals surface area contributed by atoms with Crippen LogP contribution in [-0.4, -0.2) is 38.9 Å². The third kappa shape index (κ3) is 8.43. The number of benzene rings is 1. The molecule has 0 saturated heterocycles. The molecule has 2 N–H and O–H groups in total. The zero-order chi connectivity index (χ0) is 15.7. The maximum atomic E-state index is 5.63. The van der Waals surface area contributed by atoms with E-state index in [9.17, 15) is 0 Å². The normalized spacial score (nSPS) is 12.5. The van der Waals surface area contributed by atoms with E-state index in [1.165, 1.54) is 5.56 Å². The van der Waals surface area contributed by atoms with Gasteiger partial charge in [0.1, 0.15) is 5.75 Å². The van der Waals surface area contributed by atoms with Gasteiger partial charge in [-0.2, -0.15) is 0 Å². The Bertz CT molecular complexity index is 436. The second-order valence-corrected chi connectivity index (χ2v) is 5.24. The summed E-state index contributed by atoms with van der Waals surface area (Å²) in [5.41, 5.74) is 1.17. The number of aliphatic imine (C=N–C) groups is 1. The summed E-state index contributed by atoms with van der Waals surface area (Å²) in [6.07, 6.45) is 0.194. The van der Waals surface area contributed by atoms with Gasteiger partial charge in [0.05, 0.1) is 12.7 Å². The standard InChI is InChI=1S/C16H27N3O2.HI/c1-12(2)21-15-8-6-14(7-9-15)10-18-16(17-4)19-13(3)11-20-5;/h6-9,12-13H,10-11H2,1-5H3,(H2,17,18,19);1H. The van der Waals surface area contributed by atoms with Gasteiger partial charge >= 0.3 is 0 Å². The SMILES string of the molecule is CN=C(NCc1ccc(OC(C)C)cc1)NC(C)COC.I. The predicted molar refractivity (Wildman–Crippen MR) is 102 cm³/mol. The Hall–Kier alpha value is -1.02. The lowest BCUT2D eigenvalue weighted by atomic mass is 10.2. The molecule has 126 valence electrons. The molecule has 0 fully saturated rings. The number of halogens is 1. The van der Waals surface area contributed by atoms with Crippen LogP contribution in [0.15, 0.2) is 29.3 Å². The third-order valence-corrected chi connectivity index (χ3v) is 2.78. The summed E-state index contributed by atoms with van der Waals surface area (Å²) in [6.45, 7) is 7.44. The molecule has 1 unspecified atom stereocenters. The van der Waals surface area contributed by atoms with Crippen LogP contribution in [0.1, 0.15) is 26.3 Å². The van der Waals surface area contributed by atoms with Gasteiger partial charge in [-0.25, -0.2) is 0 Å². The first-order valence-electron chi connectivity index (χ1n) is 7.27. The maximum absolute atomic E-state index is 5.63. The van der Waals surface area contributed by atoms with Gasteiger partial charge in [-0.1, -0.05) is 12.1 Å². The van der Waals surface area contributed by atoms with Crippen LogP contribution >= 0.6 is 24.0 Å². The molecule has 1 aromatic rings. The predicted octanol–water partition coefficient (Wildman–Crippen LogP) is 2.79. The molecular formula is C16H28IN3O2. The molecule has 0 aliphatic heterocycles. The number of methoxy groups -OCH3 is 1. The van der Waals surface area contributed by atoms with Crippen molar-refractivity contribution in [3.8, 4) is 5.75 Å². The topological polar surface area (TPSA) is 54.9 Å². The Morgan fingerprint density at radius 1 is 1.18 bits per heavy atom. The second-order valence-electron chi connectivity index (χ2n) is 5.24. The van der Waals surface area contributed by atoms with Gasteiger partial charge in [-0.15, -0.1) is 24.0 Å². The van der Waals surface area contributed by atoms with Crippen LogP contribution in [0, 0.1) is 0 Å². The average Bonchev–Trinajstić information content (AvgIpc) is 2.44. The third-order valence-electron chi connectivity index (χ3n) is 2.78. The van der Waals surface area contributed by atoms with Crippen molar-refractivity contribution in [1.82, 2.24) is 10.6 Å². The van der Waals surface area contributed by atoms with Crippen molar-refractivity contribution in [2.45, 2.75) is 39.5 Å². The number of hydrogen-bond donors (Lipinski definition) is 2. The summed E-state index contributed by atoms with van der Waals surface area (Å²) in [5, 5.41) is 6.54. The van der Waals surface area contributed by atoms with E-state index in [0.29, 0.717) is 13.2 Å². The fourth-order valence-corrected chi connectivity index (χ4v) is 1.86. The highest BCUT2D eigenvalue weighted by Gasteiger charge is 2.04. The molecule has 0 radical (unpaired) electrons. The monoisotopic (exact) mass is 421 g/mol. The van der Waals surface area contributed by atoms with Crippen molar-refractivity contribution in [2.24, 2.45) is 4.99 Å². The van der Waals surface area contributed by atoms with Crippen LogP contribution in [0.4, 0.5) is 0 Å². The van der Waals surface area contributed by atoms with E-state index in [-0.39, 0.29) is 36.1 Å². The molecule has 5 nitrogen and oxygen atoms in total. The highest BCUT2D eigenvalue weighted by molar-refractivity contribution is 14.0. The Morgan fingerprint density at radius 2 is 1.82 bits per heavy atom. The minimum Gasteiger partial charge on any atom is -0.491 e. The van der Waals surface area contributed by atoms with E-state index in [0.717, 1.165) is 11.7 Å². The molecule has 0 spiro atoms. The van der Waals surface area contributed by atoms with Crippen molar-refractivity contribution >= 4 is 29.9 Å². The van der Waals surface area contributed by atoms with Gasteiger partial charge in [-0.05, 0) is 38.5 Å². The summed E-state index contributed by atoms with van der Waals surface area (Å²) in [7, 11) is 3.45. The van der Waals surface area contributed by atoms with Crippen molar-refractivity contribution in [1.29, 1.82) is 0 Å². The van der Waals surface area contributed by atoms with Crippen molar-refractivity contribution in [3.63, 3.8) is 0 Å². The maximum Gasteiger partial charge on any atom is 0.191 e. The number of nitrogens with one attached hydrogen (secondary N) is 2. The summed E-state index contributed by atoms with van der Waals surface area (Å²) < 4.78 is 10.7. The summed E-state index contributed by atoms with van der Waals surface area (Å²) in [5.74, 6) is 1.66. The number of ether oxygens (including phenoxy) is 2. The van der Waals surface area contributed by atoms with Gasteiger partial charge in [0.25, 0.3) is 0 Å². The average molecular weight is 421 g/mol. The van der Waals surface area contributed by atoms with E-state index >= 15 is 0 Å². The largest absolute Gasteiger partial charge is 0.491 e. The molecule has 0 bridgehead atoms. The quantitative estimate of drug-likeness (QED) is 0.404. The van der Waals surface area contributed by atoms with Crippen molar-refractivity contribution in [3.05, 3.63) is 29.8 Å². The molecule has 0 aromatic heterocycles. The van der Waals surface area contributed by atoms with Crippen molar-refractivity contribution in [2.75, 3.05) is 20.8 Å². The Balaban J connectivity index is 0.00000441. The fourth-order valence-electron chi connectivity index (χ4n) is 1.86. The lowest BCUT2D eigenvalue weighted by Crippen LogP contribution is -2.43. The molecule has 0 amide bonds. The van der Waals surface area contributed by atoms with Gasteiger partial charge in [0.2, 0.25) is 0 Å². The van der Waals surface area contributed by atoms with Crippen LogP contribution in [0.3, 0.4) is 0 Å². The summed E-state index contributed by atoms with van der Waals surface area (Å²) in [6, 6.07) is 8.29. The van der Waals surface area contributed by atoms with Gasteiger partial charge in [0, 0.05) is 26.7 Å². The zero-order valence-corrected chi connectivity index (χ0v) is 16.4. The van der Waals surface area contributed by atoms with E-state index < -0.39 is 0 Å². The molecule has 1 rings (SSSR count).